The third-order valence-corrected chi connectivity index (χ3v) is 6.14. The van der Waals surface area contributed by atoms with Crippen LogP contribution in [0.3, 0.4) is 0 Å². The van der Waals surface area contributed by atoms with Crippen molar-refractivity contribution in [1.29, 1.82) is 0 Å². The van der Waals surface area contributed by atoms with Crippen LogP contribution in [-0.4, -0.2) is 42.8 Å². The van der Waals surface area contributed by atoms with Crippen LogP contribution in [-0.2, 0) is 16.6 Å². The first-order valence-electron chi connectivity index (χ1n) is 8.41. The van der Waals surface area contributed by atoms with Gasteiger partial charge >= 0.3 is 5.97 Å². The summed E-state index contributed by atoms with van der Waals surface area (Å²) in [5, 5.41) is 11.5. The Balaban J connectivity index is 2.21. The molecule has 0 atom stereocenters. The Labute approximate surface area is 157 Å². The molecule has 0 aliphatic carbocycles. The standard InChI is InChI=1S/C18H22N2O6S/c1-4-20(5-2)27(24,25)14-8-6-12(3)15(10-14)17(21)19-11-13-7-9-16(26-13)18(22)23/h6-10H,4-5,11H2,1-3H3,(H,19,21)(H,22,23). The van der Waals surface area contributed by atoms with E-state index in [0.29, 0.717) is 18.7 Å². The van der Waals surface area contributed by atoms with Crippen LogP contribution in [0, 0.1) is 6.92 Å². The molecule has 2 aromatic rings. The number of carboxylic acids is 1. The van der Waals surface area contributed by atoms with Crippen LogP contribution in [0.5, 0.6) is 0 Å². The fourth-order valence-corrected chi connectivity index (χ4v) is 4.05. The second-order valence-electron chi connectivity index (χ2n) is 5.82. The lowest BCUT2D eigenvalue weighted by atomic mass is 10.1. The highest BCUT2D eigenvalue weighted by atomic mass is 32.2. The van der Waals surface area contributed by atoms with Crippen molar-refractivity contribution in [1.82, 2.24) is 9.62 Å². The first kappa shape index (κ1) is 20.7. The van der Waals surface area contributed by atoms with Gasteiger partial charge in [0.25, 0.3) is 5.91 Å². The van der Waals surface area contributed by atoms with Crippen LogP contribution >= 0.6 is 0 Å². The molecule has 1 amide bonds. The van der Waals surface area contributed by atoms with Gasteiger partial charge in [-0.05, 0) is 36.8 Å². The van der Waals surface area contributed by atoms with Crippen molar-refractivity contribution in [3.8, 4) is 0 Å². The maximum atomic E-state index is 12.7. The van der Waals surface area contributed by atoms with Gasteiger partial charge in [0.2, 0.25) is 15.8 Å². The van der Waals surface area contributed by atoms with E-state index in [2.05, 4.69) is 5.32 Å². The summed E-state index contributed by atoms with van der Waals surface area (Å²) in [5.74, 6) is -1.61. The zero-order valence-corrected chi connectivity index (χ0v) is 16.2. The highest BCUT2D eigenvalue weighted by Crippen LogP contribution is 2.20. The predicted octanol–water partition coefficient (Wildman–Crippen LogP) is 2.25. The van der Waals surface area contributed by atoms with Gasteiger partial charge in [0.1, 0.15) is 5.76 Å². The first-order valence-corrected chi connectivity index (χ1v) is 9.85. The summed E-state index contributed by atoms with van der Waals surface area (Å²) in [6.07, 6.45) is 0. The van der Waals surface area contributed by atoms with E-state index in [9.17, 15) is 18.0 Å². The Morgan fingerprint density at radius 2 is 1.81 bits per heavy atom. The molecular weight excluding hydrogens is 372 g/mol. The average Bonchev–Trinajstić information content (AvgIpc) is 3.10. The number of benzene rings is 1. The number of hydrogen-bond acceptors (Lipinski definition) is 5. The molecule has 1 heterocycles. The van der Waals surface area contributed by atoms with Gasteiger partial charge in [-0.15, -0.1) is 0 Å². The molecule has 0 spiro atoms. The molecule has 2 N–H and O–H groups in total. The van der Waals surface area contributed by atoms with Crippen molar-refractivity contribution in [3.63, 3.8) is 0 Å². The first-order chi connectivity index (χ1) is 12.7. The zero-order valence-electron chi connectivity index (χ0n) is 15.4. The summed E-state index contributed by atoms with van der Waals surface area (Å²) in [6.45, 7) is 5.85. The fraction of sp³-hybridized carbons (Fsp3) is 0.333. The number of sulfonamides is 1. The van der Waals surface area contributed by atoms with Crippen LogP contribution in [0.15, 0.2) is 39.6 Å². The van der Waals surface area contributed by atoms with Gasteiger partial charge in [-0.3, -0.25) is 4.79 Å². The van der Waals surface area contributed by atoms with Gasteiger partial charge in [-0.2, -0.15) is 4.31 Å². The highest BCUT2D eigenvalue weighted by Gasteiger charge is 2.23. The maximum absolute atomic E-state index is 12.7. The molecule has 0 radical (unpaired) electrons. The van der Waals surface area contributed by atoms with E-state index in [-0.39, 0.29) is 28.5 Å². The summed E-state index contributed by atoms with van der Waals surface area (Å²) in [5.41, 5.74) is 0.852. The Morgan fingerprint density at radius 3 is 2.37 bits per heavy atom. The van der Waals surface area contributed by atoms with E-state index in [1.807, 2.05) is 0 Å². The van der Waals surface area contributed by atoms with Crippen LogP contribution in [0.1, 0.15) is 46.1 Å². The number of rotatable bonds is 8. The molecule has 9 heteroatoms. The molecule has 0 unspecified atom stereocenters. The largest absolute Gasteiger partial charge is 0.475 e. The monoisotopic (exact) mass is 394 g/mol. The van der Waals surface area contributed by atoms with E-state index < -0.39 is 21.9 Å². The molecule has 2 rings (SSSR count). The van der Waals surface area contributed by atoms with Crippen molar-refractivity contribution in [2.75, 3.05) is 13.1 Å². The number of furan rings is 1. The number of carboxylic acid groups (broad SMARTS) is 1. The summed E-state index contributed by atoms with van der Waals surface area (Å²) < 4.78 is 31.7. The Kier molecular flexibility index (Phi) is 6.40. The molecule has 0 fully saturated rings. The van der Waals surface area contributed by atoms with Crippen LogP contribution in [0.4, 0.5) is 0 Å². The minimum absolute atomic E-state index is 0.0153. The third-order valence-electron chi connectivity index (χ3n) is 4.09. The predicted molar refractivity (Wildman–Crippen MR) is 98.1 cm³/mol. The number of nitrogens with zero attached hydrogens (tertiary/aromatic N) is 1. The molecule has 0 aliphatic heterocycles. The van der Waals surface area contributed by atoms with Crippen molar-refractivity contribution >= 4 is 21.9 Å². The molecule has 0 saturated carbocycles. The zero-order chi connectivity index (χ0) is 20.2. The van der Waals surface area contributed by atoms with E-state index in [1.54, 1.807) is 26.8 Å². The molecule has 1 aromatic heterocycles. The molecule has 146 valence electrons. The number of aromatic carboxylic acids is 1. The second-order valence-corrected chi connectivity index (χ2v) is 7.76. The molecular formula is C18H22N2O6S. The fourth-order valence-electron chi connectivity index (χ4n) is 2.57. The van der Waals surface area contributed by atoms with Gasteiger partial charge < -0.3 is 14.8 Å². The Bertz CT molecular complexity index is 945. The Morgan fingerprint density at radius 1 is 1.15 bits per heavy atom. The normalized spacial score (nSPS) is 11.6. The quantitative estimate of drug-likeness (QED) is 0.709. The molecule has 27 heavy (non-hydrogen) atoms. The summed E-state index contributed by atoms with van der Waals surface area (Å²) in [6, 6.07) is 7.17. The number of carbonyl (C=O) groups excluding carboxylic acids is 1. The number of amides is 1. The van der Waals surface area contributed by atoms with Crippen molar-refractivity contribution < 1.29 is 27.5 Å². The third kappa shape index (κ3) is 4.55. The maximum Gasteiger partial charge on any atom is 0.371 e. The van der Waals surface area contributed by atoms with Crippen molar-refractivity contribution in [3.05, 3.63) is 53.0 Å². The molecule has 0 saturated heterocycles. The lowest BCUT2D eigenvalue weighted by Crippen LogP contribution is -2.31. The number of aryl methyl sites for hydroxylation is 1. The van der Waals surface area contributed by atoms with Crippen molar-refractivity contribution in [2.24, 2.45) is 0 Å². The van der Waals surface area contributed by atoms with Crippen molar-refractivity contribution in [2.45, 2.75) is 32.2 Å². The van der Waals surface area contributed by atoms with E-state index in [4.69, 9.17) is 9.52 Å². The van der Waals surface area contributed by atoms with E-state index in [1.165, 1.54) is 28.6 Å². The number of hydrogen-bond donors (Lipinski definition) is 2. The van der Waals surface area contributed by atoms with Gasteiger partial charge in [0.15, 0.2) is 0 Å². The number of nitrogens with one attached hydrogen (secondary N) is 1. The average molecular weight is 394 g/mol. The van der Waals surface area contributed by atoms with Gasteiger partial charge in [0, 0.05) is 18.7 Å². The summed E-state index contributed by atoms with van der Waals surface area (Å²) >= 11 is 0. The number of carbonyl (C=O) groups is 2. The van der Waals surface area contributed by atoms with Gasteiger partial charge in [-0.25, -0.2) is 13.2 Å². The van der Waals surface area contributed by atoms with Crippen LogP contribution in [0.25, 0.3) is 0 Å². The molecule has 1 aromatic carbocycles. The van der Waals surface area contributed by atoms with E-state index in [0.717, 1.165) is 0 Å². The smallest absolute Gasteiger partial charge is 0.371 e. The molecule has 0 aliphatic rings. The summed E-state index contributed by atoms with van der Waals surface area (Å²) in [7, 11) is -3.68. The van der Waals surface area contributed by atoms with E-state index >= 15 is 0 Å². The lowest BCUT2D eigenvalue weighted by molar-refractivity contribution is 0.0660. The summed E-state index contributed by atoms with van der Waals surface area (Å²) in [4.78, 5) is 23.4. The SMILES string of the molecule is CCN(CC)S(=O)(=O)c1ccc(C)c(C(=O)NCc2ccc(C(=O)O)o2)c1. The topological polar surface area (TPSA) is 117 Å². The highest BCUT2D eigenvalue weighted by molar-refractivity contribution is 7.89. The van der Waals surface area contributed by atoms with Gasteiger partial charge in [-0.1, -0.05) is 19.9 Å². The second kappa shape index (κ2) is 8.36. The minimum atomic E-state index is -3.68. The van der Waals surface area contributed by atoms with Crippen LogP contribution in [0.2, 0.25) is 0 Å². The van der Waals surface area contributed by atoms with Gasteiger partial charge in [0.05, 0.1) is 11.4 Å². The molecule has 8 nitrogen and oxygen atoms in total. The van der Waals surface area contributed by atoms with Crippen LogP contribution < -0.4 is 5.32 Å². The Hall–Kier alpha value is -2.65. The lowest BCUT2D eigenvalue weighted by Gasteiger charge is -2.19. The molecule has 0 bridgehead atoms. The minimum Gasteiger partial charge on any atom is -0.475 e.